The van der Waals surface area contributed by atoms with Crippen molar-refractivity contribution in [3.05, 3.63) is 52.4 Å². The van der Waals surface area contributed by atoms with Crippen molar-refractivity contribution in [1.82, 2.24) is 30.4 Å². The Morgan fingerprint density at radius 1 is 1.30 bits per heavy atom. The summed E-state index contributed by atoms with van der Waals surface area (Å²) in [5.41, 5.74) is 2.14. The smallest absolute Gasteiger partial charge is 0.191 e. The number of rotatable bonds is 6. The molecule has 3 aromatic rings. The Morgan fingerprint density at radius 2 is 2.13 bits per heavy atom. The molecule has 1 atom stereocenters. The highest BCUT2D eigenvalue weighted by atomic mass is 127. The lowest BCUT2D eigenvalue weighted by Gasteiger charge is -2.25. The topological polar surface area (TPSA) is 89.2 Å². The Hall–Kier alpha value is -2.05. The molecule has 0 radical (unpaired) electrons. The second-order valence-corrected chi connectivity index (χ2v) is 7.80. The number of ether oxygens (including phenoxy) is 1. The molecule has 1 aromatic carbocycles. The molecule has 0 aliphatic carbocycles. The van der Waals surface area contributed by atoms with Crippen LogP contribution in [0.3, 0.4) is 0 Å². The van der Waals surface area contributed by atoms with E-state index in [1.54, 1.807) is 25.5 Å². The van der Waals surface area contributed by atoms with Crippen molar-refractivity contribution in [1.29, 1.82) is 0 Å². The highest BCUT2D eigenvalue weighted by molar-refractivity contribution is 14.0. The number of nitrogens with zero attached hydrogens (tertiary/aromatic N) is 5. The van der Waals surface area contributed by atoms with Gasteiger partial charge in [0, 0.05) is 37.6 Å². The molecular weight excluding hydrogens is 513 g/mol. The van der Waals surface area contributed by atoms with E-state index in [1.165, 1.54) is 0 Å². The van der Waals surface area contributed by atoms with E-state index in [1.807, 2.05) is 22.9 Å². The lowest BCUT2D eigenvalue weighted by molar-refractivity contribution is 0.177. The summed E-state index contributed by atoms with van der Waals surface area (Å²) < 4.78 is 7.10. The van der Waals surface area contributed by atoms with Crippen LogP contribution < -0.4 is 10.6 Å². The van der Waals surface area contributed by atoms with Crippen LogP contribution in [-0.2, 0) is 30.9 Å². The SMILES string of the molecule is CN=C(NCc1nc(-c2ccccc2)cs1)NC1CCc2nc(COC)nn2C1.I. The van der Waals surface area contributed by atoms with Crippen LogP contribution in [0.25, 0.3) is 11.3 Å². The molecule has 2 N–H and O–H groups in total. The summed E-state index contributed by atoms with van der Waals surface area (Å²) in [4.78, 5) is 13.6. The van der Waals surface area contributed by atoms with Crippen LogP contribution in [0.1, 0.15) is 23.1 Å². The Balaban J connectivity index is 0.00000256. The van der Waals surface area contributed by atoms with Crippen LogP contribution in [0.2, 0.25) is 0 Å². The van der Waals surface area contributed by atoms with Gasteiger partial charge in [0.05, 0.1) is 18.8 Å². The zero-order valence-corrected chi connectivity index (χ0v) is 20.2. The average Bonchev–Trinajstić information content (AvgIpc) is 3.38. The van der Waals surface area contributed by atoms with E-state index < -0.39 is 0 Å². The van der Waals surface area contributed by atoms with Gasteiger partial charge in [-0.2, -0.15) is 5.10 Å². The number of hydrogen-bond donors (Lipinski definition) is 2. The van der Waals surface area contributed by atoms with Crippen molar-refractivity contribution in [2.24, 2.45) is 4.99 Å². The fourth-order valence-corrected chi connectivity index (χ4v) is 4.09. The predicted molar refractivity (Wildman–Crippen MR) is 129 cm³/mol. The van der Waals surface area contributed by atoms with Gasteiger partial charge >= 0.3 is 0 Å². The first-order valence-corrected chi connectivity index (χ1v) is 10.5. The Bertz CT molecular complexity index is 973. The lowest BCUT2D eigenvalue weighted by atomic mass is 10.1. The largest absolute Gasteiger partial charge is 0.377 e. The normalized spacial score (nSPS) is 15.9. The number of benzene rings is 1. The van der Waals surface area contributed by atoms with Gasteiger partial charge in [-0.25, -0.2) is 14.6 Å². The zero-order chi connectivity index (χ0) is 20.1. The van der Waals surface area contributed by atoms with Crippen molar-refractivity contribution < 1.29 is 4.74 Å². The van der Waals surface area contributed by atoms with Crippen LogP contribution in [0.4, 0.5) is 0 Å². The second kappa shape index (κ2) is 10.8. The summed E-state index contributed by atoms with van der Waals surface area (Å²) in [5.74, 6) is 2.53. The van der Waals surface area contributed by atoms with Crippen molar-refractivity contribution in [2.75, 3.05) is 14.2 Å². The van der Waals surface area contributed by atoms with E-state index in [-0.39, 0.29) is 30.0 Å². The summed E-state index contributed by atoms with van der Waals surface area (Å²) in [7, 11) is 3.44. The zero-order valence-electron chi connectivity index (χ0n) is 17.0. The minimum absolute atomic E-state index is 0. The molecule has 1 aliphatic rings. The summed E-state index contributed by atoms with van der Waals surface area (Å²) in [5, 5.41) is 14.5. The number of aliphatic imine (C=N–C) groups is 1. The van der Waals surface area contributed by atoms with Gasteiger partial charge in [0.1, 0.15) is 17.4 Å². The molecule has 0 fully saturated rings. The fraction of sp³-hybridized carbons (Fsp3) is 0.400. The summed E-state index contributed by atoms with van der Waals surface area (Å²) in [6, 6.07) is 10.5. The van der Waals surface area contributed by atoms with E-state index in [0.29, 0.717) is 13.2 Å². The Labute approximate surface area is 197 Å². The Kier molecular flexibility index (Phi) is 8.16. The number of fused-ring (bicyclic) bond motifs is 1. The molecule has 0 saturated carbocycles. The van der Waals surface area contributed by atoms with Gasteiger partial charge in [0.25, 0.3) is 0 Å². The molecule has 30 heavy (non-hydrogen) atoms. The molecular formula is C20H26IN7OS. The molecule has 0 spiro atoms. The van der Waals surface area contributed by atoms with Crippen LogP contribution in [-0.4, -0.2) is 45.9 Å². The second-order valence-electron chi connectivity index (χ2n) is 6.86. The molecule has 10 heteroatoms. The quantitative estimate of drug-likeness (QED) is 0.285. The van der Waals surface area contributed by atoms with E-state index >= 15 is 0 Å². The molecule has 160 valence electrons. The minimum Gasteiger partial charge on any atom is -0.377 e. The predicted octanol–water partition coefficient (Wildman–Crippen LogP) is 2.85. The van der Waals surface area contributed by atoms with E-state index in [2.05, 4.69) is 43.2 Å². The van der Waals surface area contributed by atoms with Crippen LogP contribution in [0.5, 0.6) is 0 Å². The summed E-state index contributed by atoms with van der Waals surface area (Å²) in [6.07, 6.45) is 1.87. The van der Waals surface area contributed by atoms with Gasteiger partial charge < -0.3 is 15.4 Å². The highest BCUT2D eigenvalue weighted by Gasteiger charge is 2.22. The molecule has 4 rings (SSSR count). The number of hydrogen-bond acceptors (Lipinski definition) is 6. The number of methoxy groups -OCH3 is 1. The summed E-state index contributed by atoms with van der Waals surface area (Å²) >= 11 is 1.65. The van der Waals surface area contributed by atoms with Crippen molar-refractivity contribution in [3.63, 3.8) is 0 Å². The van der Waals surface area contributed by atoms with Gasteiger partial charge in [0.15, 0.2) is 11.8 Å². The maximum absolute atomic E-state index is 5.13. The molecule has 0 amide bonds. The third kappa shape index (κ3) is 5.55. The van der Waals surface area contributed by atoms with Gasteiger partial charge in [-0.05, 0) is 6.42 Å². The third-order valence-electron chi connectivity index (χ3n) is 4.77. The van der Waals surface area contributed by atoms with Crippen molar-refractivity contribution >= 4 is 41.3 Å². The first-order chi connectivity index (χ1) is 14.2. The van der Waals surface area contributed by atoms with Gasteiger partial charge in [0.2, 0.25) is 0 Å². The maximum Gasteiger partial charge on any atom is 0.191 e. The van der Waals surface area contributed by atoms with Crippen molar-refractivity contribution in [2.45, 2.75) is 38.6 Å². The number of thiazole rings is 1. The molecule has 3 heterocycles. The standard InChI is InChI=1S/C20H25N7OS.HI/c1-21-20(22-10-19-24-16(13-29-19)14-6-4-3-5-7-14)23-15-8-9-18-25-17(12-28-2)26-27(18)11-15;/h3-7,13,15H,8-12H2,1-2H3,(H2,21,22,23);1H. The number of nitrogens with one attached hydrogen (secondary N) is 2. The van der Waals surface area contributed by atoms with E-state index in [4.69, 9.17) is 9.72 Å². The molecule has 1 unspecified atom stereocenters. The van der Waals surface area contributed by atoms with Gasteiger partial charge in [-0.1, -0.05) is 30.3 Å². The number of guanidine groups is 1. The van der Waals surface area contributed by atoms with E-state index in [0.717, 1.165) is 53.3 Å². The van der Waals surface area contributed by atoms with Crippen LogP contribution in [0, 0.1) is 0 Å². The monoisotopic (exact) mass is 539 g/mol. The van der Waals surface area contributed by atoms with Crippen LogP contribution >= 0.6 is 35.3 Å². The fourth-order valence-electron chi connectivity index (χ4n) is 3.35. The van der Waals surface area contributed by atoms with Crippen LogP contribution in [0.15, 0.2) is 40.7 Å². The first kappa shape index (κ1) is 22.6. The molecule has 0 saturated heterocycles. The van der Waals surface area contributed by atoms with Crippen molar-refractivity contribution in [3.8, 4) is 11.3 Å². The lowest BCUT2D eigenvalue weighted by Crippen LogP contribution is -2.46. The number of aromatic nitrogens is 4. The highest BCUT2D eigenvalue weighted by Crippen LogP contribution is 2.21. The maximum atomic E-state index is 5.13. The summed E-state index contributed by atoms with van der Waals surface area (Å²) in [6.45, 7) is 1.85. The minimum atomic E-state index is 0. The first-order valence-electron chi connectivity index (χ1n) is 9.63. The van der Waals surface area contributed by atoms with Gasteiger partial charge in [-0.3, -0.25) is 4.99 Å². The number of halogens is 1. The molecule has 2 aromatic heterocycles. The molecule has 1 aliphatic heterocycles. The Morgan fingerprint density at radius 3 is 2.90 bits per heavy atom. The number of aryl methyl sites for hydroxylation is 1. The molecule has 0 bridgehead atoms. The third-order valence-corrected chi connectivity index (χ3v) is 5.62. The average molecular weight is 539 g/mol. The van der Waals surface area contributed by atoms with Gasteiger partial charge in [-0.15, -0.1) is 35.3 Å². The molecule has 8 nitrogen and oxygen atoms in total. The van der Waals surface area contributed by atoms with E-state index in [9.17, 15) is 0 Å².